The van der Waals surface area contributed by atoms with Gasteiger partial charge in [0.2, 0.25) is 0 Å². The molecular formula is C8H9NO. The normalized spacial score (nSPS) is 8.90. The summed E-state index contributed by atoms with van der Waals surface area (Å²) in [5.74, 6) is 0.748. The number of rotatable bonds is 2. The third-order valence-corrected chi connectivity index (χ3v) is 1.29. The van der Waals surface area contributed by atoms with Crippen molar-refractivity contribution < 1.29 is 4.74 Å². The fraction of sp³-hybridized carbons (Fsp3) is 0.125. The second-order valence-electron chi connectivity index (χ2n) is 1.89. The predicted molar refractivity (Wildman–Crippen MR) is 40.9 cm³/mol. The molecule has 52 valence electrons. The Bertz CT molecular complexity index is 232. The molecule has 0 aliphatic carbocycles. The van der Waals surface area contributed by atoms with Gasteiger partial charge in [0.15, 0.2) is 0 Å². The van der Waals surface area contributed by atoms with Gasteiger partial charge in [-0.15, -0.1) is 0 Å². The summed E-state index contributed by atoms with van der Waals surface area (Å²) in [5, 5.41) is 6.98. The number of para-hydroxylation sites is 1. The number of benzene rings is 1. The lowest BCUT2D eigenvalue weighted by Gasteiger charge is -2.00. The van der Waals surface area contributed by atoms with Crippen LogP contribution >= 0.6 is 0 Å². The van der Waals surface area contributed by atoms with Gasteiger partial charge in [0.05, 0.1) is 7.11 Å². The first-order valence-electron chi connectivity index (χ1n) is 3.02. The quantitative estimate of drug-likeness (QED) is 0.615. The zero-order valence-corrected chi connectivity index (χ0v) is 5.79. The molecule has 0 saturated heterocycles. The third-order valence-electron chi connectivity index (χ3n) is 1.29. The Kier molecular flexibility index (Phi) is 2.05. The standard InChI is InChI=1S/C8H9NO/c1-10-8-5-3-2-4-7(8)6-9/h2-6,9H,1H3. The van der Waals surface area contributed by atoms with Crippen LogP contribution in [0.25, 0.3) is 0 Å². The van der Waals surface area contributed by atoms with E-state index < -0.39 is 0 Å². The number of ether oxygens (including phenoxy) is 1. The molecule has 0 amide bonds. The Morgan fingerprint density at radius 1 is 1.40 bits per heavy atom. The molecule has 0 saturated carbocycles. The molecule has 0 fully saturated rings. The molecule has 0 bridgehead atoms. The van der Waals surface area contributed by atoms with Crippen LogP contribution in [0.4, 0.5) is 0 Å². The average Bonchev–Trinajstić information content (AvgIpc) is 2.04. The zero-order chi connectivity index (χ0) is 7.40. The van der Waals surface area contributed by atoms with E-state index in [1.54, 1.807) is 7.11 Å². The lowest BCUT2D eigenvalue weighted by molar-refractivity contribution is 0.414. The SMILES string of the molecule is COc1ccccc1C=N. The molecule has 0 unspecified atom stereocenters. The molecule has 0 heterocycles. The highest BCUT2D eigenvalue weighted by Crippen LogP contribution is 2.13. The maximum Gasteiger partial charge on any atom is 0.127 e. The van der Waals surface area contributed by atoms with Gasteiger partial charge in [-0.3, -0.25) is 0 Å². The summed E-state index contributed by atoms with van der Waals surface area (Å²) in [6.07, 6.45) is 1.28. The first-order valence-corrected chi connectivity index (χ1v) is 3.02. The summed E-state index contributed by atoms with van der Waals surface area (Å²) in [7, 11) is 1.60. The number of hydrogen-bond acceptors (Lipinski definition) is 2. The van der Waals surface area contributed by atoms with Crippen molar-refractivity contribution in [1.82, 2.24) is 0 Å². The second kappa shape index (κ2) is 3.01. The van der Waals surface area contributed by atoms with Crippen molar-refractivity contribution in [3.8, 4) is 5.75 Å². The maximum atomic E-state index is 6.98. The van der Waals surface area contributed by atoms with Crippen molar-refractivity contribution in [3.05, 3.63) is 29.8 Å². The van der Waals surface area contributed by atoms with Gasteiger partial charge >= 0.3 is 0 Å². The maximum absolute atomic E-state index is 6.98. The van der Waals surface area contributed by atoms with Crippen LogP contribution in [0.3, 0.4) is 0 Å². The minimum atomic E-state index is 0.748. The van der Waals surface area contributed by atoms with Crippen molar-refractivity contribution >= 4 is 6.21 Å². The fourth-order valence-corrected chi connectivity index (χ4v) is 0.786. The highest BCUT2D eigenvalue weighted by Gasteiger charge is 1.94. The third kappa shape index (κ3) is 1.16. The summed E-state index contributed by atoms with van der Waals surface area (Å²) in [5.41, 5.74) is 0.810. The van der Waals surface area contributed by atoms with Gasteiger partial charge in [-0.25, -0.2) is 0 Å². The van der Waals surface area contributed by atoms with Crippen LogP contribution in [0, 0.1) is 5.41 Å². The first kappa shape index (κ1) is 6.81. The highest BCUT2D eigenvalue weighted by atomic mass is 16.5. The van der Waals surface area contributed by atoms with Gasteiger partial charge in [-0.05, 0) is 12.1 Å². The molecule has 0 aromatic heterocycles. The van der Waals surface area contributed by atoms with E-state index in [2.05, 4.69) is 0 Å². The van der Waals surface area contributed by atoms with Gasteiger partial charge in [-0.1, -0.05) is 12.1 Å². The van der Waals surface area contributed by atoms with E-state index in [1.165, 1.54) is 6.21 Å². The lowest BCUT2D eigenvalue weighted by atomic mass is 10.2. The van der Waals surface area contributed by atoms with Crippen LogP contribution in [0.5, 0.6) is 5.75 Å². The summed E-state index contributed by atoms with van der Waals surface area (Å²) in [4.78, 5) is 0. The Labute approximate surface area is 60.0 Å². The van der Waals surface area contributed by atoms with E-state index in [4.69, 9.17) is 10.1 Å². The van der Waals surface area contributed by atoms with E-state index in [-0.39, 0.29) is 0 Å². The van der Waals surface area contributed by atoms with Crippen LogP contribution in [0.15, 0.2) is 24.3 Å². The Morgan fingerprint density at radius 2 is 2.10 bits per heavy atom. The number of methoxy groups -OCH3 is 1. The van der Waals surface area contributed by atoms with Crippen molar-refractivity contribution in [2.75, 3.05) is 7.11 Å². The van der Waals surface area contributed by atoms with Gasteiger partial charge in [0.25, 0.3) is 0 Å². The molecule has 0 aliphatic rings. The molecule has 2 heteroatoms. The van der Waals surface area contributed by atoms with Crippen molar-refractivity contribution in [1.29, 1.82) is 5.41 Å². The summed E-state index contributed by atoms with van der Waals surface area (Å²) in [6, 6.07) is 7.43. The largest absolute Gasteiger partial charge is 0.496 e. The van der Waals surface area contributed by atoms with Crippen molar-refractivity contribution in [3.63, 3.8) is 0 Å². The monoisotopic (exact) mass is 135 g/mol. The van der Waals surface area contributed by atoms with Crippen LogP contribution in [0.1, 0.15) is 5.56 Å². The highest BCUT2D eigenvalue weighted by molar-refractivity contribution is 5.80. The molecule has 1 aromatic carbocycles. The Morgan fingerprint density at radius 3 is 2.60 bits per heavy atom. The molecule has 1 N–H and O–H groups in total. The van der Waals surface area contributed by atoms with E-state index >= 15 is 0 Å². The summed E-state index contributed by atoms with van der Waals surface area (Å²) < 4.78 is 4.98. The summed E-state index contributed by atoms with van der Waals surface area (Å²) in [6.45, 7) is 0. The van der Waals surface area contributed by atoms with Crippen molar-refractivity contribution in [2.24, 2.45) is 0 Å². The Balaban J connectivity index is 3.08. The van der Waals surface area contributed by atoms with Gasteiger partial charge < -0.3 is 10.1 Å². The lowest BCUT2D eigenvalue weighted by Crippen LogP contribution is -1.88. The summed E-state index contributed by atoms with van der Waals surface area (Å²) >= 11 is 0. The van der Waals surface area contributed by atoms with E-state index in [1.807, 2.05) is 24.3 Å². The van der Waals surface area contributed by atoms with E-state index in [0.29, 0.717) is 0 Å². The van der Waals surface area contributed by atoms with Crippen LogP contribution < -0.4 is 4.74 Å². The zero-order valence-electron chi connectivity index (χ0n) is 5.79. The molecule has 0 radical (unpaired) electrons. The van der Waals surface area contributed by atoms with Gasteiger partial charge in [0.1, 0.15) is 5.75 Å². The van der Waals surface area contributed by atoms with Crippen LogP contribution in [0.2, 0.25) is 0 Å². The molecule has 2 nitrogen and oxygen atoms in total. The minimum Gasteiger partial charge on any atom is -0.496 e. The minimum absolute atomic E-state index is 0.748. The molecule has 1 aromatic rings. The van der Waals surface area contributed by atoms with E-state index in [0.717, 1.165) is 11.3 Å². The van der Waals surface area contributed by atoms with Crippen molar-refractivity contribution in [2.45, 2.75) is 0 Å². The van der Waals surface area contributed by atoms with Gasteiger partial charge in [-0.2, -0.15) is 0 Å². The van der Waals surface area contributed by atoms with E-state index in [9.17, 15) is 0 Å². The average molecular weight is 135 g/mol. The topological polar surface area (TPSA) is 33.1 Å². The molecule has 0 aliphatic heterocycles. The first-order chi connectivity index (χ1) is 4.88. The van der Waals surface area contributed by atoms with Crippen LogP contribution in [-0.4, -0.2) is 13.3 Å². The Hall–Kier alpha value is -1.31. The fourth-order valence-electron chi connectivity index (χ4n) is 0.786. The molecule has 10 heavy (non-hydrogen) atoms. The predicted octanol–water partition coefficient (Wildman–Crippen LogP) is 1.69. The van der Waals surface area contributed by atoms with Crippen LogP contribution in [-0.2, 0) is 0 Å². The number of nitrogens with one attached hydrogen (secondary N) is 1. The molecule has 0 atom stereocenters. The van der Waals surface area contributed by atoms with Gasteiger partial charge in [0, 0.05) is 11.8 Å². The number of hydrogen-bond donors (Lipinski definition) is 1. The second-order valence-corrected chi connectivity index (χ2v) is 1.89. The molecule has 0 spiro atoms. The smallest absolute Gasteiger partial charge is 0.127 e. The molecular weight excluding hydrogens is 126 g/mol. The molecule has 1 rings (SSSR count).